The first-order valence-electron chi connectivity index (χ1n) is 9.79. The molecular weight excluding hydrogens is 394 g/mol. The minimum absolute atomic E-state index is 0.121. The third-order valence-electron chi connectivity index (χ3n) is 5.68. The lowest BCUT2D eigenvalue weighted by Crippen LogP contribution is -2.35. The second kappa shape index (κ2) is 8.20. The zero-order valence-electron chi connectivity index (χ0n) is 16.2. The number of anilines is 1. The zero-order valence-corrected chi connectivity index (χ0v) is 17.0. The van der Waals surface area contributed by atoms with E-state index in [9.17, 15) is 13.6 Å². The molecule has 5 nitrogen and oxygen atoms in total. The van der Waals surface area contributed by atoms with Crippen molar-refractivity contribution in [3.63, 3.8) is 0 Å². The van der Waals surface area contributed by atoms with Crippen LogP contribution in [0.1, 0.15) is 48.2 Å². The highest BCUT2D eigenvalue weighted by atomic mass is 32.2. The number of nitrogens with one attached hydrogen (secondary N) is 3. The maximum Gasteiger partial charge on any atom is 0.272 e. The van der Waals surface area contributed by atoms with Gasteiger partial charge in [0.2, 0.25) is 0 Å². The Morgan fingerprint density at radius 3 is 2.72 bits per heavy atom. The fourth-order valence-electron chi connectivity index (χ4n) is 4.17. The number of carbonyl (C=O) groups excluding carboxylic acids is 1. The zero-order chi connectivity index (χ0) is 20.5. The van der Waals surface area contributed by atoms with E-state index >= 15 is 0 Å². The third kappa shape index (κ3) is 4.04. The molecule has 0 spiro atoms. The van der Waals surface area contributed by atoms with E-state index in [0.717, 1.165) is 29.9 Å². The van der Waals surface area contributed by atoms with Crippen LogP contribution in [0.25, 0.3) is 6.08 Å². The summed E-state index contributed by atoms with van der Waals surface area (Å²) < 4.78 is 40.3. The van der Waals surface area contributed by atoms with Crippen molar-refractivity contribution in [3.8, 4) is 0 Å². The van der Waals surface area contributed by atoms with Crippen molar-refractivity contribution in [1.29, 1.82) is 4.78 Å². The van der Waals surface area contributed by atoms with Crippen molar-refractivity contribution in [1.82, 2.24) is 9.29 Å². The summed E-state index contributed by atoms with van der Waals surface area (Å²) in [7, 11) is 0.802. The Hall–Kier alpha value is -2.32. The van der Waals surface area contributed by atoms with Gasteiger partial charge in [0.25, 0.3) is 5.91 Å². The molecule has 4 rings (SSSR count). The van der Waals surface area contributed by atoms with Gasteiger partial charge in [0.05, 0.1) is 4.90 Å². The molecule has 8 heteroatoms. The highest BCUT2D eigenvalue weighted by Crippen LogP contribution is 2.31. The smallest absolute Gasteiger partial charge is 0.272 e. The molecule has 1 fully saturated rings. The van der Waals surface area contributed by atoms with Gasteiger partial charge >= 0.3 is 0 Å². The van der Waals surface area contributed by atoms with Crippen molar-refractivity contribution in [2.75, 3.05) is 5.32 Å². The number of benzene rings is 1. The van der Waals surface area contributed by atoms with E-state index < -0.39 is 28.4 Å². The second-order valence-corrected chi connectivity index (χ2v) is 8.94. The monoisotopic (exact) mass is 418 g/mol. The predicted octanol–water partition coefficient (Wildman–Crippen LogP) is 4.78. The van der Waals surface area contributed by atoms with Gasteiger partial charge in [-0.15, -0.1) is 0 Å². The number of aryl methyl sites for hydroxylation is 1. The fraction of sp³-hybridized carbons (Fsp3) is 0.381. The number of carbonyl (C=O) groups is 1. The summed E-state index contributed by atoms with van der Waals surface area (Å²) in [5, 5.41) is 2.63. The standard InChI is InChI=1S/C21H24F2N4OS/c1-27-12-19-15(8-10-18(26-29(19)24)13-5-3-2-4-6-13)20(27)21(28)25-14-7-9-16(22)17(23)11-14/h7-13,18H,2-6H2,1H3,(H2,24,26)(H,25,28). The normalized spacial score (nSPS) is 22.2. The quantitative estimate of drug-likeness (QED) is 0.672. The predicted molar refractivity (Wildman–Crippen MR) is 111 cm³/mol. The van der Waals surface area contributed by atoms with Crippen molar-refractivity contribution in [2.24, 2.45) is 13.0 Å². The SMILES string of the molecule is Cn1cc2c(c1C(=O)Nc1ccc(F)c(F)c1)C=CC(C1CCCCC1)NS2=N. The van der Waals surface area contributed by atoms with Crippen molar-refractivity contribution in [2.45, 2.75) is 43.0 Å². The van der Waals surface area contributed by atoms with Gasteiger partial charge in [0, 0.05) is 36.6 Å². The molecule has 0 radical (unpaired) electrons. The van der Waals surface area contributed by atoms with Crippen LogP contribution in [0.4, 0.5) is 14.5 Å². The highest BCUT2D eigenvalue weighted by Gasteiger charge is 2.28. The summed E-state index contributed by atoms with van der Waals surface area (Å²) in [6, 6.07) is 3.39. The molecule has 1 saturated carbocycles. The van der Waals surface area contributed by atoms with Crippen LogP contribution in [-0.2, 0) is 17.9 Å². The number of nitrogens with zero attached hydrogens (tertiary/aromatic N) is 1. The number of amides is 1. The van der Waals surface area contributed by atoms with Crippen LogP contribution >= 0.6 is 0 Å². The first kappa shape index (κ1) is 20.0. The average molecular weight is 419 g/mol. The first-order valence-corrected chi connectivity index (χ1v) is 11.0. The lowest BCUT2D eigenvalue weighted by molar-refractivity contribution is 0.101. The summed E-state index contributed by atoms with van der Waals surface area (Å²) in [4.78, 5) is 13.7. The van der Waals surface area contributed by atoms with E-state index in [-0.39, 0.29) is 11.7 Å². The summed E-state index contributed by atoms with van der Waals surface area (Å²) in [5.41, 5.74) is 1.29. The minimum atomic E-state index is -1.01. The molecule has 2 aliphatic rings. The minimum Gasteiger partial charge on any atom is -0.345 e. The van der Waals surface area contributed by atoms with Crippen molar-refractivity contribution >= 4 is 28.5 Å². The number of aromatic nitrogens is 1. The molecule has 2 unspecified atom stereocenters. The Labute approximate surface area is 171 Å². The number of fused-ring (bicyclic) bond motifs is 1. The lowest BCUT2D eigenvalue weighted by atomic mass is 9.84. The molecule has 2 aromatic rings. The molecule has 0 saturated heterocycles. The van der Waals surface area contributed by atoms with E-state index in [0.29, 0.717) is 17.2 Å². The van der Waals surface area contributed by atoms with Crippen molar-refractivity contribution in [3.05, 3.63) is 53.4 Å². The lowest BCUT2D eigenvalue weighted by Gasteiger charge is -2.28. The van der Waals surface area contributed by atoms with Gasteiger partial charge in [0.15, 0.2) is 11.6 Å². The average Bonchev–Trinajstić information content (AvgIpc) is 2.96. The van der Waals surface area contributed by atoms with Crippen LogP contribution in [0.3, 0.4) is 0 Å². The molecule has 3 N–H and O–H groups in total. The molecule has 2 atom stereocenters. The molecular formula is C21H24F2N4OS. The second-order valence-electron chi connectivity index (χ2n) is 7.66. The van der Waals surface area contributed by atoms with Gasteiger partial charge in [-0.1, -0.05) is 31.4 Å². The Balaban J connectivity index is 1.62. The van der Waals surface area contributed by atoms with E-state index in [1.165, 1.54) is 25.3 Å². The number of rotatable bonds is 3. The Kier molecular flexibility index (Phi) is 5.65. The highest BCUT2D eigenvalue weighted by molar-refractivity contribution is 7.84. The summed E-state index contributed by atoms with van der Waals surface area (Å²) in [6.45, 7) is 0. The maximum atomic E-state index is 13.5. The van der Waals surface area contributed by atoms with Crippen molar-refractivity contribution < 1.29 is 13.6 Å². The first-order chi connectivity index (χ1) is 13.9. The molecule has 1 amide bonds. The Bertz CT molecular complexity index is 995. The molecule has 1 aliphatic carbocycles. The maximum absolute atomic E-state index is 13.5. The van der Waals surface area contributed by atoms with Gasteiger partial charge in [-0.3, -0.25) is 9.57 Å². The van der Waals surface area contributed by atoms with Crippen LogP contribution in [0.5, 0.6) is 0 Å². The number of halogens is 2. The van der Waals surface area contributed by atoms with Crippen LogP contribution in [0.15, 0.2) is 35.4 Å². The Morgan fingerprint density at radius 1 is 1.24 bits per heavy atom. The summed E-state index contributed by atoms with van der Waals surface area (Å²) >= 11 is 0. The van der Waals surface area contributed by atoms with Crippen LogP contribution in [0.2, 0.25) is 0 Å². The molecule has 29 heavy (non-hydrogen) atoms. The molecule has 154 valence electrons. The van der Waals surface area contributed by atoms with Gasteiger partial charge < -0.3 is 9.88 Å². The van der Waals surface area contributed by atoms with Gasteiger partial charge in [0.1, 0.15) is 5.69 Å². The Morgan fingerprint density at radius 2 is 2.00 bits per heavy atom. The molecule has 2 heterocycles. The number of hydrogen-bond donors (Lipinski definition) is 3. The molecule has 0 bridgehead atoms. The molecule has 1 aromatic carbocycles. The van der Waals surface area contributed by atoms with Crippen LogP contribution < -0.4 is 10.0 Å². The number of hydrogen-bond acceptors (Lipinski definition) is 2. The van der Waals surface area contributed by atoms with Gasteiger partial charge in [-0.05, 0) is 41.8 Å². The summed E-state index contributed by atoms with van der Waals surface area (Å²) in [5.74, 6) is -1.88. The van der Waals surface area contributed by atoms with Gasteiger partial charge in [-0.2, -0.15) is 0 Å². The van der Waals surface area contributed by atoms with E-state index in [1.54, 1.807) is 17.8 Å². The van der Waals surface area contributed by atoms with Crippen LogP contribution in [-0.4, -0.2) is 16.5 Å². The summed E-state index contributed by atoms with van der Waals surface area (Å²) in [6.07, 6.45) is 11.8. The van der Waals surface area contributed by atoms with Gasteiger partial charge in [-0.25, -0.2) is 13.5 Å². The fourth-order valence-corrected chi connectivity index (χ4v) is 5.49. The molecule has 1 aromatic heterocycles. The van der Waals surface area contributed by atoms with E-state index in [1.807, 2.05) is 6.08 Å². The third-order valence-corrected chi connectivity index (χ3v) is 6.95. The largest absolute Gasteiger partial charge is 0.345 e. The van der Waals surface area contributed by atoms with Crippen LogP contribution in [0, 0.1) is 22.3 Å². The molecule has 1 aliphatic heterocycles. The van der Waals surface area contributed by atoms with E-state index in [2.05, 4.69) is 16.1 Å². The van der Waals surface area contributed by atoms with E-state index in [4.69, 9.17) is 4.78 Å². The topological polar surface area (TPSA) is 69.9 Å².